The van der Waals surface area contributed by atoms with Crippen molar-refractivity contribution in [3.63, 3.8) is 0 Å². The van der Waals surface area contributed by atoms with E-state index in [-0.39, 0.29) is 42.3 Å². The number of hydrogen-bond donors (Lipinski definition) is 1. The molecule has 2 aromatic rings. The van der Waals surface area contributed by atoms with E-state index < -0.39 is 33.8 Å². The summed E-state index contributed by atoms with van der Waals surface area (Å²) < 4.78 is 45.0. The molecule has 160 valence electrons. The van der Waals surface area contributed by atoms with Crippen LogP contribution in [0.4, 0.5) is 10.1 Å². The molecule has 10 heteroatoms. The average molecular weight is 435 g/mol. The predicted molar refractivity (Wildman–Crippen MR) is 107 cm³/mol. The second-order valence-electron chi connectivity index (χ2n) is 6.82. The molecular formula is C20H22FN3O5S. The zero-order valence-corrected chi connectivity index (χ0v) is 17.1. The highest BCUT2D eigenvalue weighted by Crippen LogP contribution is 2.19. The van der Waals surface area contributed by atoms with Crippen LogP contribution in [0.5, 0.6) is 0 Å². The molecule has 30 heavy (non-hydrogen) atoms. The number of halogens is 1. The highest BCUT2D eigenvalue weighted by molar-refractivity contribution is 7.89. The number of carbonyl (C=O) groups excluding carboxylic acids is 2. The van der Waals surface area contributed by atoms with Crippen LogP contribution < -0.4 is 5.73 Å². The quantitative estimate of drug-likeness (QED) is 0.563. The number of nitrogens with two attached hydrogens (primary N) is 1. The van der Waals surface area contributed by atoms with Gasteiger partial charge in [-0.2, -0.15) is 4.31 Å². The van der Waals surface area contributed by atoms with Gasteiger partial charge in [-0.1, -0.05) is 18.2 Å². The minimum atomic E-state index is -3.63. The van der Waals surface area contributed by atoms with Crippen LogP contribution in [0, 0.1) is 5.82 Å². The number of piperazine rings is 1. The summed E-state index contributed by atoms with van der Waals surface area (Å²) in [6.45, 7) is 2.03. The molecule has 2 aromatic carbocycles. The van der Waals surface area contributed by atoms with E-state index in [4.69, 9.17) is 10.5 Å². The number of anilines is 1. The molecule has 1 aliphatic rings. The molecule has 0 aromatic heterocycles. The van der Waals surface area contributed by atoms with Crippen LogP contribution in [-0.4, -0.2) is 61.8 Å². The SMILES string of the molecule is CC(OC(=O)c1ccc(F)cc1N)C(=O)N1CCN(S(=O)(=O)c2ccccc2)CC1. The Kier molecular flexibility index (Phi) is 6.37. The number of esters is 1. The van der Waals surface area contributed by atoms with Crippen molar-refractivity contribution in [1.82, 2.24) is 9.21 Å². The van der Waals surface area contributed by atoms with Gasteiger partial charge in [0.1, 0.15) is 5.82 Å². The molecule has 3 rings (SSSR count). The van der Waals surface area contributed by atoms with Gasteiger partial charge in [-0.15, -0.1) is 0 Å². The molecule has 0 radical (unpaired) electrons. The first-order valence-electron chi connectivity index (χ1n) is 9.30. The molecule has 2 N–H and O–H groups in total. The molecule has 8 nitrogen and oxygen atoms in total. The Morgan fingerprint density at radius 2 is 1.70 bits per heavy atom. The zero-order valence-electron chi connectivity index (χ0n) is 16.3. The molecule has 1 atom stereocenters. The summed E-state index contributed by atoms with van der Waals surface area (Å²) in [5.74, 6) is -1.86. The lowest BCUT2D eigenvalue weighted by atomic mass is 10.2. The monoisotopic (exact) mass is 435 g/mol. The second kappa shape index (κ2) is 8.80. The summed E-state index contributed by atoms with van der Waals surface area (Å²) in [6.07, 6.45) is -1.10. The summed E-state index contributed by atoms with van der Waals surface area (Å²) in [4.78, 5) is 26.5. The topological polar surface area (TPSA) is 110 Å². The molecule has 1 fully saturated rings. The maximum atomic E-state index is 13.1. The first-order chi connectivity index (χ1) is 14.2. The van der Waals surface area contributed by atoms with Crippen molar-refractivity contribution in [3.8, 4) is 0 Å². The Bertz CT molecular complexity index is 1040. The summed E-state index contributed by atoms with van der Waals surface area (Å²) in [6, 6.07) is 11.3. The average Bonchev–Trinajstić information content (AvgIpc) is 2.73. The standard InChI is InChI=1S/C20H22FN3O5S/c1-14(29-20(26)17-8-7-15(21)13-18(17)22)19(25)23-9-11-24(12-10-23)30(27,28)16-5-3-2-4-6-16/h2-8,13-14H,9-12,22H2,1H3. The summed E-state index contributed by atoms with van der Waals surface area (Å²) in [5, 5.41) is 0. The Morgan fingerprint density at radius 1 is 1.07 bits per heavy atom. The molecule has 1 saturated heterocycles. The molecule has 1 aliphatic heterocycles. The molecule has 0 spiro atoms. The molecule has 0 aliphatic carbocycles. The van der Waals surface area contributed by atoms with Gasteiger partial charge in [0.05, 0.1) is 10.5 Å². The fourth-order valence-electron chi connectivity index (χ4n) is 3.14. The minimum absolute atomic E-state index is 0.0326. The number of rotatable bonds is 5. The third-order valence-corrected chi connectivity index (χ3v) is 6.71. The third-order valence-electron chi connectivity index (χ3n) is 4.80. The maximum Gasteiger partial charge on any atom is 0.341 e. The van der Waals surface area contributed by atoms with E-state index in [1.54, 1.807) is 18.2 Å². The zero-order chi connectivity index (χ0) is 21.9. The van der Waals surface area contributed by atoms with Crippen LogP contribution in [-0.2, 0) is 19.6 Å². The van der Waals surface area contributed by atoms with E-state index in [0.717, 1.165) is 12.1 Å². The number of benzene rings is 2. The van der Waals surface area contributed by atoms with Gasteiger partial charge in [0.15, 0.2) is 6.10 Å². The molecule has 1 unspecified atom stereocenters. The highest BCUT2D eigenvalue weighted by Gasteiger charge is 2.32. The molecule has 1 amide bonds. The van der Waals surface area contributed by atoms with Gasteiger partial charge in [-0.25, -0.2) is 17.6 Å². The predicted octanol–water partition coefficient (Wildman–Crippen LogP) is 1.49. The number of amides is 1. The van der Waals surface area contributed by atoms with Gasteiger partial charge < -0.3 is 15.4 Å². The number of sulfonamides is 1. The van der Waals surface area contributed by atoms with Gasteiger partial charge in [-0.3, -0.25) is 4.79 Å². The summed E-state index contributed by atoms with van der Waals surface area (Å²) >= 11 is 0. The second-order valence-corrected chi connectivity index (χ2v) is 8.76. The Morgan fingerprint density at radius 3 is 2.30 bits per heavy atom. The number of carbonyl (C=O) groups is 2. The normalized spacial score (nSPS) is 16.1. The van der Waals surface area contributed by atoms with Crippen molar-refractivity contribution in [3.05, 3.63) is 59.9 Å². The lowest BCUT2D eigenvalue weighted by Gasteiger charge is -2.35. The van der Waals surface area contributed by atoms with E-state index >= 15 is 0 Å². The van der Waals surface area contributed by atoms with E-state index in [0.29, 0.717) is 0 Å². The summed E-state index contributed by atoms with van der Waals surface area (Å²) in [5.41, 5.74) is 5.51. The van der Waals surface area contributed by atoms with E-state index in [1.165, 1.54) is 34.3 Å². The van der Waals surface area contributed by atoms with Crippen molar-refractivity contribution in [2.24, 2.45) is 0 Å². The fraction of sp³-hybridized carbons (Fsp3) is 0.300. The number of nitrogen functional groups attached to an aromatic ring is 1. The first kappa shape index (κ1) is 21.7. The lowest BCUT2D eigenvalue weighted by molar-refractivity contribution is -0.141. The Balaban J connectivity index is 1.59. The van der Waals surface area contributed by atoms with Crippen LogP contribution >= 0.6 is 0 Å². The largest absolute Gasteiger partial charge is 0.449 e. The van der Waals surface area contributed by atoms with Crippen LogP contribution in [0.25, 0.3) is 0 Å². The molecule has 0 bridgehead atoms. The molecular weight excluding hydrogens is 413 g/mol. The highest BCUT2D eigenvalue weighted by atomic mass is 32.2. The van der Waals surface area contributed by atoms with E-state index in [1.807, 2.05) is 0 Å². The number of hydrogen-bond acceptors (Lipinski definition) is 6. The minimum Gasteiger partial charge on any atom is -0.449 e. The maximum absolute atomic E-state index is 13.1. The van der Waals surface area contributed by atoms with Crippen molar-refractivity contribution >= 4 is 27.6 Å². The number of ether oxygens (including phenoxy) is 1. The van der Waals surface area contributed by atoms with Gasteiger partial charge in [0, 0.05) is 31.9 Å². The smallest absolute Gasteiger partial charge is 0.341 e. The molecule has 0 saturated carbocycles. The molecule has 1 heterocycles. The van der Waals surface area contributed by atoms with Crippen molar-refractivity contribution < 1.29 is 27.1 Å². The van der Waals surface area contributed by atoms with Crippen LogP contribution in [0.2, 0.25) is 0 Å². The van der Waals surface area contributed by atoms with Crippen molar-refractivity contribution in [1.29, 1.82) is 0 Å². The van der Waals surface area contributed by atoms with Crippen LogP contribution in [0.15, 0.2) is 53.4 Å². The fourth-order valence-corrected chi connectivity index (χ4v) is 4.58. The summed E-state index contributed by atoms with van der Waals surface area (Å²) in [7, 11) is -3.63. The van der Waals surface area contributed by atoms with Gasteiger partial charge in [-0.05, 0) is 37.3 Å². The first-order valence-corrected chi connectivity index (χ1v) is 10.7. The lowest BCUT2D eigenvalue weighted by Crippen LogP contribution is -2.52. The van der Waals surface area contributed by atoms with Crippen molar-refractivity contribution in [2.75, 3.05) is 31.9 Å². The Labute approximate surface area is 174 Å². The van der Waals surface area contributed by atoms with Crippen LogP contribution in [0.3, 0.4) is 0 Å². The van der Waals surface area contributed by atoms with Crippen LogP contribution in [0.1, 0.15) is 17.3 Å². The van der Waals surface area contributed by atoms with Gasteiger partial charge in [0.25, 0.3) is 5.91 Å². The Hall–Kier alpha value is -2.98. The van der Waals surface area contributed by atoms with E-state index in [2.05, 4.69) is 0 Å². The van der Waals surface area contributed by atoms with Gasteiger partial charge >= 0.3 is 5.97 Å². The van der Waals surface area contributed by atoms with E-state index in [9.17, 15) is 22.4 Å². The third kappa shape index (κ3) is 4.60. The number of nitrogens with zero attached hydrogens (tertiary/aromatic N) is 2. The van der Waals surface area contributed by atoms with Gasteiger partial charge in [0.2, 0.25) is 10.0 Å². The van der Waals surface area contributed by atoms with Crippen molar-refractivity contribution in [2.45, 2.75) is 17.9 Å².